The normalized spacial score (nSPS) is 15.3. The molecule has 1 saturated carbocycles. The molecule has 6 heteroatoms. The molecule has 1 heterocycles. The third-order valence-electron chi connectivity index (χ3n) is 3.78. The quantitative estimate of drug-likeness (QED) is 0.655. The van der Waals surface area contributed by atoms with Crippen molar-refractivity contribution in [1.82, 2.24) is 4.98 Å². The zero-order chi connectivity index (χ0) is 15.5. The summed E-state index contributed by atoms with van der Waals surface area (Å²) in [5.74, 6) is 0.670. The molecule has 1 aliphatic rings. The smallest absolute Gasteiger partial charge is 0.287 e. The van der Waals surface area contributed by atoms with Crippen LogP contribution >= 0.6 is 0 Å². The summed E-state index contributed by atoms with van der Waals surface area (Å²) in [7, 11) is 0. The molecule has 0 amide bonds. The predicted octanol–water partition coefficient (Wildman–Crippen LogP) is 2.69. The molecular formula is C16H17N3O3. The van der Waals surface area contributed by atoms with Crippen molar-refractivity contribution in [3.63, 3.8) is 0 Å². The van der Waals surface area contributed by atoms with Crippen molar-refractivity contribution in [2.45, 2.75) is 25.0 Å². The lowest BCUT2D eigenvalue weighted by atomic mass is 10.1. The van der Waals surface area contributed by atoms with Crippen molar-refractivity contribution in [2.24, 2.45) is 0 Å². The Morgan fingerprint density at radius 1 is 1.27 bits per heavy atom. The minimum absolute atomic E-state index is 0.0249. The Balaban J connectivity index is 1.77. The number of pyridine rings is 1. The van der Waals surface area contributed by atoms with E-state index < -0.39 is 11.0 Å². The predicted molar refractivity (Wildman–Crippen MR) is 82.7 cm³/mol. The van der Waals surface area contributed by atoms with Gasteiger partial charge < -0.3 is 10.0 Å². The molecule has 1 fully saturated rings. The lowest BCUT2D eigenvalue weighted by Crippen LogP contribution is -2.31. The van der Waals surface area contributed by atoms with Crippen molar-refractivity contribution in [1.29, 1.82) is 0 Å². The molecular weight excluding hydrogens is 282 g/mol. The van der Waals surface area contributed by atoms with Crippen molar-refractivity contribution in [2.75, 3.05) is 11.4 Å². The molecule has 22 heavy (non-hydrogen) atoms. The average Bonchev–Trinajstić information content (AvgIpc) is 3.38. The van der Waals surface area contributed by atoms with E-state index in [0.717, 1.165) is 18.4 Å². The maximum Gasteiger partial charge on any atom is 0.287 e. The van der Waals surface area contributed by atoms with E-state index in [1.165, 1.54) is 12.3 Å². The van der Waals surface area contributed by atoms with Crippen molar-refractivity contribution >= 4 is 11.5 Å². The minimum atomic E-state index is -0.612. The van der Waals surface area contributed by atoms with Crippen LogP contribution in [0.15, 0.2) is 48.7 Å². The molecule has 0 unspecified atom stereocenters. The number of nitrogens with zero attached hydrogens (tertiary/aromatic N) is 3. The Bertz CT molecular complexity index is 641. The maximum atomic E-state index is 10.7. The van der Waals surface area contributed by atoms with Gasteiger partial charge in [0.1, 0.15) is 12.0 Å². The molecule has 0 bridgehead atoms. The number of anilines is 1. The van der Waals surface area contributed by atoms with Crippen LogP contribution in [0.1, 0.15) is 24.5 Å². The highest BCUT2D eigenvalue weighted by atomic mass is 16.6. The van der Waals surface area contributed by atoms with E-state index in [4.69, 9.17) is 0 Å². The third-order valence-corrected chi connectivity index (χ3v) is 3.78. The second kappa shape index (κ2) is 6.11. The largest absolute Gasteiger partial charge is 0.387 e. The van der Waals surface area contributed by atoms with E-state index in [-0.39, 0.29) is 5.69 Å². The number of aromatic nitrogens is 1. The first-order valence-corrected chi connectivity index (χ1v) is 7.25. The van der Waals surface area contributed by atoms with E-state index in [1.54, 1.807) is 6.07 Å². The molecule has 1 atom stereocenters. The van der Waals surface area contributed by atoms with Gasteiger partial charge in [-0.05, 0) is 24.5 Å². The molecule has 1 N–H and O–H groups in total. The van der Waals surface area contributed by atoms with Gasteiger partial charge in [-0.3, -0.25) is 10.1 Å². The van der Waals surface area contributed by atoms with Gasteiger partial charge in [0.2, 0.25) is 0 Å². The van der Waals surface area contributed by atoms with Crippen molar-refractivity contribution < 1.29 is 10.0 Å². The Morgan fingerprint density at radius 3 is 2.55 bits per heavy atom. The molecule has 0 saturated heterocycles. The SMILES string of the molecule is O=[N+]([O-])c1ccc(N(C[C@@H](O)c2ccccc2)C2CC2)nc1. The summed E-state index contributed by atoms with van der Waals surface area (Å²) < 4.78 is 0. The number of rotatable bonds is 6. The fourth-order valence-corrected chi connectivity index (χ4v) is 2.44. The molecule has 6 nitrogen and oxygen atoms in total. The van der Waals surface area contributed by atoms with Crippen LogP contribution in [-0.2, 0) is 0 Å². The van der Waals surface area contributed by atoms with E-state index in [9.17, 15) is 15.2 Å². The van der Waals surface area contributed by atoms with Crippen LogP contribution in [0, 0.1) is 10.1 Å². The molecule has 2 aromatic rings. The minimum Gasteiger partial charge on any atom is -0.387 e. The zero-order valence-electron chi connectivity index (χ0n) is 12.0. The number of hydrogen-bond acceptors (Lipinski definition) is 5. The number of hydrogen-bond donors (Lipinski definition) is 1. The van der Waals surface area contributed by atoms with Crippen LogP contribution in [0.2, 0.25) is 0 Å². The topological polar surface area (TPSA) is 79.5 Å². The summed E-state index contributed by atoms with van der Waals surface area (Å²) in [6.45, 7) is 0.430. The molecule has 0 radical (unpaired) electrons. The van der Waals surface area contributed by atoms with E-state index in [2.05, 4.69) is 4.98 Å². The Hall–Kier alpha value is -2.47. The molecule has 0 spiro atoms. The van der Waals surface area contributed by atoms with Crippen LogP contribution in [0.5, 0.6) is 0 Å². The summed E-state index contributed by atoms with van der Waals surface area (Å²) >= 11 is 0. The van der Waals surface area contributed by atoms with Crippen molar-refractivity contribution in [3.8, 4) is 0 Å². The highest BCUT2D eigenvalue weighted by molar-refractivity contribution is 5.45. The van der Waals surface area contributed by atoms with Gasteiger partial charge in [-0.25, -0.2) is 4.98 Å². The molecule has 114 valence electrons. The molecule has 1 aliphatic carbocycles. The lowest BCUT2D eigenvalue weighted by Gasteiger charge is -2.26. The summed E-state index contributed by atoms with van der Waals surface area (Å²) in [6, 6.07) is 12.9. The second-order valence-electron chi connectivity index (χ2n) is 5.44. The Morgan fingerprint density at radius 2 is 2.00 bits per heavy atom. The second-order valence-corrected chi connectivity index (χ2v) is 5.44. The van der Waals surface area contributed by atoms with Crippen LogP contribution in [0.3, 0.4) is 0 Å². The van der Waals surface area contributed by atoms with E-state index >= 15 is 0 Å². The Kier molecular flexibility index (Phi) is 4.02. The van der Waals surface area contributed by atoms with Gasteiger partial charge in [-0.1, -0.05) is 30.3 Å². The summed E-state index contributed by atoms with van der Waals surface area (Å²) in [6.07, 6.45) is 2.76. The van der Waals surface area contributed by atoms with Crippen molar-refractivity contribution in [3.05, 3.63) is 64.3 Å². The average molecular weight is 299 g/mol. The molecule has 1 aromatic carbocycles. The fraction of sp³-hybridized carbons (Fsp3) is 0.312. The first-order chi connectivity index (χ1) is 10.6. The van der Waals surface area contributed by atoms with E-state index in [0.29, 0.717) is 18.4 Å². The molecule has 3 rings (SSSR count). The first kappa shape index (κ1) is 14.5. The molecule has 0 aliphatic heterocycles. The van der Waals surface area contributed by atoms with Crippen LogP contribution in [-0.4, -0.2) is 27.6 Å². The van der Waals surface area contributed by atoms with Gasteiger partial charge in [0, 0.05) is 18.7 Å². The first-order valence-electron chi connectivity index (χ1n) is 7.25. The van der Waals surface area contributed by atoms with Crippen LogP contribution in [0.25, 0.3) is 0 Å². The van der Waals surface area contributed by atoms with Crippen LogP contribution < -0.4 is 4.90 Å². The van der Waals surface area contributed by atoms with Gasteiger partial charge in [-0.15, -0.1) is 0 Å². The van der Waals surface area contributed by atoms with Gasteiger partial charge >= 0.3 is 0 Å². The summed E-state index contributed by atoms with van der Waals surface area (Å²) in [4.78, 5) is 16.5. The monoisotopic (exact) mass is 299 g/mol. The molecule has 1 aromatic heterocycles. The van der Waals surface area contributed by atoms with E-state index in [1.807, 2.05) is 35.2 Å². The Labute approximate surface area is 128 Å². The third kappa shape index (κ3) is 3.23. The number of aliphatic hydroxyl groups excluding tert-OH is 1. The standard InChI is InChI=1S/C16H17N3O3/c20-15(12-4-2-1-3-5-12)11-18(13-6-7-13)16-9-8-14(10-17-16)19(21)22/h1-5,8-10,13,15,20H,6-7,11H2/t15-/m1/s1. The number of aliphatic hydroxyl groups is 1. The van der Waals surface area contributed by atoms with Gasteiger partial charge in [-0.2, -0.15) is 0 Å². The van der Waals surface area contributed by atoms with Gasteiger partial charge in [0.15, 0.2) is 0 Å². The summed E-state index contributed by atoms with van der Waals surface area (Å²) in [5.41, 5.74) is 0.832. The zero-order valence-corrected chi connectivity index (χ0v) is 12.0. The number of nitro groups is 1. The highest BCUT2D eigenvalue weighted by Gasteiger charge is 2.31. The highest BCUT2D eigenvalue weighted by Crippen LogP contribution is 2.32. The maximum absolute atomic E-state index is 10.7. The lowest BCUT2D eigenvalue weighted by molar-refractivity contribution is -0.385. The summed E-state index contributed by atoms with van der Waals surface area (Å²) in [5, 5.41) is 21.1. The number of benzene rings is 1. The van der Waals surface area contributed by atoms with Gasteiger partial charge in [0.25, 0.3) is 5.69 Å². The van der Waals surface area contributed by atoms with Gasteiger partial charge in [0.05, 0.1) is 11.0 Å². The fourth-order valence-electron chi connectivity index (χ4n) is 2.44. The van der Waals surface area contributed by atoms with Crippen LogP contribution in [0.4, 0.5) is 11.5 Å².